The van der Waals surface area contributed by atoms with E-state index in [9.17, 15) is 12.8 Å². The van der Waals surface area contributed by atoms with E-state index in [0.717, 1.165) is 18.4 Å². The molecule has 0 bridgehead atoms. The third kappa shape index (κ3) is 3.54. The second-order valence-corrected chi connectivity index (χ2v) is 7.58. The monoisotopic (exact) mass is 285 g/mol. The van der Waals surface area contributed by atoms with Gasteiger partial charge < -0.3 is 5.32 Å². The maximum Gasteiger partial charge on any atom is 0.150 e. The Hall–Kier alpha value is -0.940. The Bertz CT molecular complexity index is 557. The first-order valence-electron chi connectivity index (χ1n) is 6.55. The maximum absolute atomic E-state index is 13.3. The summed E-state index contributed by atoms with van der Waals surface area (Å²) >= 11 is 0. The molecule has 0 aromatic heterocycles. The Morgan fingerprint density at radius 3 is 2.74 bits per heavy atom. The van der Waals surface area contributed by atoms with Crippen molar-refractivity contribution in [1.29, 1.82) is 0 Å². The summed E-state index contributed by atoms with van der Waals surface area (Å²) in [4.78, 5) is 0. The zero-order valence-corrected chi connectivity index (χ0v) is 12.1. The Balaban J connectivity index is 2.10. The molecule has 1 aliphatic rings. The average Bonchev–Trinajstić information content (AvgIpc) is 2.69. The largest absolute Gasteiger partial charge is 0.313 e. The van der Waals surface area contributed by atoms with Crippen molar-refractivity contribution in [3.63, 3.8) is 0 Å². The molecule has 0 amide bonds. The molecule has 0 spiro atoms. The molecule has 3 nitrogen and oxygen atoms in total. The quantitative estimate of drug-likeness (QED) is 0.922. The van der Waals surface area contributed by atoms with Crippen molar-refractivity contribution in [2.45, 2.75) is 25.8 Å². The van der Waals surface area contributed by atoms with E-state index >= 15 is 0 Å². The molecular formula is C14H20FNO2S. The molecule has 1 saturated heterocycles. The highest BCUT2D eigenvalue weighted by Gasteiger charge is 2.29. The van der Waals surface area contributed by atoms with Gasteiger partial charge in [-0.1, -0.05) is 12.1 Å². The molecule has 2 rings (SSSR count). The van der Waals surface area contributed by atoms with E-state index in [1.807, 2.05) is 13.1 Å². The number of halogens is 1. The Labute approximate surface area is 114 Å². The molecule has 0 saturated carbocycles. The SMILES string of the molecule is CNC(CC1CCS(=O)(=O)C1)c1ccc(F)c(C)c1. The number of nitrogens with one attached hydrogen (secondary N) is 1. The van der Waals surface area contributed by atoms with Crippen molar-refractivity contribution in [3.05, 3.63) is 35.1 Å². The van der Waals surface area contributed by atoms with Gasteiger partial charge in [-0.25, -0.2) is 12.8 Å². The lowest BCUT2D eigenvalue weighted by Crippen LogP contribution is -2.20. The molecule has 1 heterocycles. The molecule has 106 valence electrons. The number of benzene rings is 1. The molecule has 1 aromatic carbocycles. The van der Waals surface area contributed by atoms with Crippen molar-refractivity contribution in [1.82, 2.24) is 5.32 Å². The van der Waals surface area contributed by atoms with Crippen LogP contribution in [0.25, 0.3) is 0 Å². The van der Waals surface area contributed by atoms with Crippen LogP contribution in [0.5, 0.6) is 0 Å². The first kappa shape index (κ1) is 14.5. The van der Waals surface area contributed by atoms with Crippen molar-refractivity contribution in [3.8, 4) is 0 Å². The summed E-state index contributed by atoms with van der Waals surface area (Å²) in [6.45, 7) is 1.74. The normalized spacial score (nSPS) is 23.4. The predicted octanol–water partition coefficient (Wildman–Crippen LogP) is 2.22. The first-order valence-corrected chi connectivity index (χ1v) is 8.37. The smallest absolute Gasteiger partial charge is 0.150 e. The summed E-state index contributed by atoms with van der Waals surface area (Å²) in [5.41, 5.74) is 1.64. The highest BCUT2D eigenvalue weighted by Crippen LogP contribution is 2.29. The minimum Gasteiger partial charge on any atom is -0.313 e. The molecule has 0 radical (unpaired) electrons. The Morgan fingerprint density at radius 1 is 1.47 bits per heavy atom. The summed E-state index contributed by atoms with van der Waals surface area (Å²) in [6, 6.07) is 5.16. The fraction of sp³-hybridized carbons (Fsp3) is 0.571. The van der Waals surface area contributed by atoms with Gasteiger partial charge >= 0.3 is 0 Å². The number of aryl methyl sites for hydroxylation is 1. The first-order chi connectivity index (χ1) is 8.91. The zero-order chi connectivity index (χ0) is 14.0. The molecule has 2 atom stereocenters. The van der Waals surface area contributed by atoms with E-state index in [4.69, 9.17) is 0 Å². The lowest BCUT2D eigenvalue weighted by Gasteiger charge is -2.20. The summed E-state index contributed by atoms with van der Waals surface area (Å²) in [5.74, 6) is 0.580. The van der Waals surface area contributed by atoms with Crippen molar-refractivity contribution >= 4 is 9.84 Å². The molecule has 1 N–H and O–H groups in total. The lowest BCUT2D eigenvalue weighted by atomic mass is 9.93. The highest BCUT2D eigenvalue weighted by molar-refractivity contribution is 7.91. The predicted molar refractivity (Wildman–Crippen MR) is 74.3 cm³/mol. The van der Waals surface area contributed by atoms with Crippen molar-refractivity contribution in [2.75, 3.05) is 18.6 Å². The van der Waals surface area contributed by atoms with Crippen LogP contribution in [0.4, 0.5) is 4.39 Å². The van der Waals surface area contributed by atoms with Gasteiger partial charge in [0.25, 0.3) is 0 Å². The maximum atomic E-state index is 13.3. The minimum atomic E-state index is -2.83. The van der Waals surface area contributed by atoms with Crippen LogP contribution >= 0.6 is 0 Å². The van der Waals surface area contributed by atoms with Gasteiger partial charge in [-0.15, -0.1) is 0 Å². The van der Waals surface area contributed by atoms with Crippen LogP contribution in [0, 0.1) is 18.7 Å². The van der Waals surface area contributed by atoms with Crippen molar-refractivity contribution in [2.24, 2.45) is 5.92 Å². The van der Waals surface area contributed by atoms with Crippen LogP contribution in [0.2, 0.25) is 0 Å². The fourth-order valence-corrected chi connectivity index (χ4v) is 4.58. The van der Waals surface area contributed by atoms with Gasteiger partial charge in [0, 0.05) is 6.04 Å². The highest BCUT2D eigenvalue weighted by atomic mass is 32.2. The third-order valence-corrected chi connectivity index (χ3v) is 5.67. The van der Waals surface area contributed by atoms with Gasteiger partial charge in [0.05, 0.1) is 11.5 Å². The topological polar surface area (TPSA) is 46.2 Å². The van der Waals surface area contributed by atoms with Crippen LogP contribution < -0.4 is 5.32 Å². The lowest BCUT2D eigenvalue weighted by molar-refractivity contribution is 0.436. The van der Waals surface area contributed by atoms with E-state index in [-0.39, 0.29) is 23.5 Å². The summed E-state index contributed by atoms with van der Waals surface area (Å²) in [5, 5.41) is 3.20. The van der Waals surface area contributed by atoms with Crippen LogP contribution in [-0.2, 0) is 9.84 Å². The number of rotatable bonds is 4. The van der Waals surface area contributed by atoms with Crippen LogP contribution in [0.1, 0.15) is 30.0 Å². The van der Waals surface area contributed by atoms with Crippen molar-refractivity contribution < 1.29 is 12.8 Å². The van der Waals surface area contributed by atoms with E-state index in [1.54, 1.807) is 13.0 Å². The second-order valence-electron chi connectivity index (χ2n) is 5.35. The second kappa shape index (κ2) is 5.59. The molecule has 1 fully saturated rings. The number of sulfone groups is 1. The van der Waals surface area contributed by atoms with E-state index in [0.29, 0.717) is 11.3 Å². The Morgan fingerprint density at radius 2 is 2.21 bits per heavy atom. The molecule has 0 aliphatic carbocycles. The number of hydrogen-bond acceptors (Lipinski definition) is 3. The van der Waals surface area contributed by atoms with Gasteiger partial charge in [-0.05, 0) is 49.9 Å². The summed E-state index contributed by atoms with van der Waals surface area (Å²) in [6.07, 6.45) is 1.52. The molecule has 1 aromatic rings. The molecule has 1 aliphatic heterocycles. The third-order valence-electron chi connectivity index (χ3n) is 3.83. The van der Waals surface area contributed by atoms with Crippen LogP contribution in [-0.4, -0.2) is 27.0 Å². The number of hydrogen-bond donors (Lipinski definition) is 1. The van der Waals surface area contributed by atoms with E-state index in [2.05, 4.69) is 5.32 Å². The van der Waals surface area contributed by atoms with E-state index in [1.165, 1.54) is 6.07 Å². The van der Waals surface area contributed by atoms with Gasteiger partial charge in [0.15, 0.2) is 9.84 Å². The van der Waals surface area contributed by atoms with Gasteiger partial charge in [0.1, 0.15) is 5.82 Å². The summed E-state index contributed by atoms with van der Waals surface area (Å²) < 4.78 is 36.2. The minimum absolute atomic E-state index is 0.0811. The van der Waals surface area contributed by atoms with Gasteiger partial charge in [-0.2, -0.15) is 0 Å². The van der Waals surface area contributed by atoms with E-state index < -0.39 is 9.84 Å². The molecule has 2 unspecified atom stereocenters. The van der Waals surface area contributed by atoms with Crippen LogP contribution in [0.3, 0.4) is 0 Å². The molecule has 5 heteroatoms. The van der Waals surface area contributed by atoms with Crippen LogP contribution in [0.15, 0.2) is 18.2 Å². The average molecular weight is 285 g/mol. The molecule has 19 heavy (non-hydrogen) atoms. The van der Waals surface area contributed by atoms with Gasteiger partial charge in [0.2, 0.25) is 0 Å². The zero-order valence-electron chi connectivity index (χ0n) is 11.3. The fourth-order valence-electron chi connectivity index (χ4n) is 2.70. The molecular weight excluding hydrogens is 265 g/mol. The van der Waals surface area contributed by atoms with Gasteiger partial charge in [-0.3, -0.25) is 0 Å². The Kier molecular flexibility index (Phi) is 4.26. The summed E-state index contributed by atoms with van der Waals surface area (Å²) in [7, 11) is -0.980. The standard InChI is InChI=1S/C14H20FNO2S/c1-10-7-12(3-4-13(10)15)14(16-2)8-11-5-6-19(17,18)9-11/h3-4,7,11,14,16H,5-6,8-9H2,1-2H3.